The summed E-state index contributed by atoms with van der Waals surface area (Å²) >= 11 is 5.64. The van der Waals surface area contributed by atoms with E-state index in [9.17, 15) is 14.0 Å². The molecule has 2 heterocycles. The van der Waals surface area contributed by atoms with Crippen molar-refractivity contribution in [2.45, 2.75) is 26.5 Å². The second-order valence-corrected chi connectivity index (χ2v) is 12.6. The van der Waals surface area contributed by atoms with Crippen molar-refractivity contribution >= 4 is 68.6 Å². The summed E-state index contributed by atoms with van der Waals surface area (Å²) < 4.78 is 28.8. The number of hydrogen-bond donors (Lipinski definition) is 0. The molecule has 4 aromatic rings. The van der Waals surface area contributed by atoms with Crippen LogP contribution >= 0.6 is 56.5 Å². The minimum atomic E-state index is -0.804. The van der Waals surface area contributed by atoms with Crippen LogP contribution in [-0.2, 0) is 16.1 Å². The summed E-state index contributed by atoms with van der Waals surface area (Å²) in [6, 6.07) is 18.1. The standard InChI is InChI=1S/C31H22FI2N3O4S/c1-3-40-30(39)26-17(2)36-31-37(27(26)21-8-10-22(32)11-9-21)29(38)25(42-31)14-20-12-23(33)28(24(34)13-20)41-16-19-6-4-18(15-35)5-7-19/h4-14,27H,3,16H2,1-2H3/b25-14-/t27-/m0/s1. The van der Waals surface area contributed by atoms with Gasteiger partial charge in [-0.2, -0.15) is 5.26 Å². The lowest BCUT2D eigenvalue weighted by atomic mass is 9.96. The zero-order chi connectivity index (χ0) is 30.0. The van der Waals surface area contributed by atoms with Gasteiger partial charge in [0.1, 0.15) is 18.2 Å². The van der Waals surface area contributed by atoms with E-state index in [1.165, 1.54) is 28.0 Å². The molecule has 1 atom stereocenters. The molecule has 0 aliphatic carbocycles. The van der Waals surface area contributed by atoms with Gasteiger partial charge in [0.2, 0.25) is 0 Å². The molecule has 7 nitrogen and oxygen atoms in total. The lowest BCUT2D eigenvalue weighted by Gasteiger charge is -2.24. The van der Waals surface area contributed by atoms with Crippen LogP contribution in [0.25, 0.3) is 6.08 Å². The zero-order valence-corrected chi connectivity index (χ0v) is 27.5. The quantitative estimate of drug-likeness (QED) is 0.179. The molecule has 212 valence electrons. The van der Waals surface area contributed by atoms with Gasteiger partial charge < -0.3 is 9.47 Å². The molecular weight excluding hydrogens is 783 g/mol. The van der Waals surface area contributed by atoms with E-state index in [1.54, 1.807) is 44.2 Å². The molecule has 0 saturated heterocycles. The number of thiazole rings is 1. The van der Waals surface area contributed by atoms with Gasteiger partial charge in [-0.15, -0.1) is 0 Å². The molecule has 0 amide bonds. The van der Waals surface area contributed by atoms with Crippen LogP contribution in [-0.4, -0.2) is 17.1 Å². The smallest absolute Gasteiger partial charge is 0.338 e. The summed E-state index contributed by atoms with van der Waals surface area (Å²) in [6.45, 7) is 3.94. The van der Waals surface area contributed by atoms with Crippen LogP contribution in [0.2, 0.25) is 0 Å². The van der Waals surface area contributed by atoms with Gasteiger partial charge in [0.05, 0.1) is 47.2 Å². The van der Waals surface area contributed by atoms with Crippen molar-refractivity contribution in [2.75, 3.05) is 6.61 Å². The summed E-state index contributed by atoms with van der Waals surface area (Å²) in [5, 5.41) is 9.00. The maximum absolute atomic E-state index is 13.8. The summed E-state index contributed by atoms with van der Waals surface area (Å²) in [7, 11) is 0. The van der Waals surface area contributed by atoms with Gasteiger partial charge in [-0.1, -0.05) is 35.6 Å². The molecule has 0 spiro atoms. The number of esters is 1. The Kier molecular flexibility index (Phi) is 9.24. The summed E-state index contributed by atoms with van der Waals surface area (Å²) in [5.74, 6) is -0.258. The predicted octanol–water partition coefficient (Wildman–Crippen LogP) is 5.60. The van der Waals surface area contributed by atoms with E-state index in [1.807, 2.05) is 24.3 Å². The molecule has 0 bridgehead atoms. The maximum Gasteiger partial charge on any atom is 0.338 e. The van der Waals surface area contributed by atoms with Crippen molar-refractivity contribution in [3.05, 3.63) is 127 Å². The van der Waals surface area contributed by atoms with Gasteiger partial charge in [-0.05, 0) is 118 Å². The Bertz CT molecular complexity index is 1920. The zero-order valence-electron chi connectivity index (χ0n) is 22.4. The fourth-order valence-corrected chi connectivity index (χ4v) is 7.71. The number of allylic oxidation sites excluding steroid dienone is 1. The number of benzene rings is 3. The number of nitrogens with zero attached hydrogens (tertiary/aromatic N) is 3. The average molecular weight is 805 g/mol. The molecule has 1 aromatic heterocycles. The molecular formula is C31H22FI2N3O4S. The molecule has 0 fully saturated rings. The van der Waals surface area contributed by atoms with Crippen LogP contribution in [0, 0.1) is 24.3 Å². The minimum absolute atomic E-state index is 0.167. The molecule has 42 heavy (non-hydrogen) atoms. The largest absolute Gasteiger partial charge is 0.487 e. The second kappa shape index (κ2) is 12.9. The van der Waals surface area contributed by atoms with Crippen molar-refractivity contribution in [1.82, 2.24) is 4.57 Å². The van der Waals surface area contributed by atoms with Crippen LogP contribution < -0.4 is 19.6 Å². The lowest BCUT2D eigenvalue weighted by Crippen LogP contribution is -2.39. The number of carbonyl (C=O) groups excluding carboxylic acids is 1. The van der Waals surface area contributed by atoms with Crippen molar-refractivity contribution < 1.29 is 18.7 Å². The van der Waals surface area contributed by atoms with Gasteiger partial charge in [0.15, 0.2) is 4.80 Å². The van der Waals surface area contributed by atoms with Crippen molar-refractivity contribution in [3.63, 3.8) is 0 Å². The molecule has 0 N–H and O–H groups in total. The van der Waals surface area contributed by atoms with Crippen molar-refractivity contribution in [2.24, 2.45) is 4.99 Å². The molecule has 3 aromatic carbocycles. The molecule has 1 aliphatic heterocycles. The summed E-state index contributed by atoms with van der Waals surface area (Å²) in [4.78, 5) is 31.9. The maximum atomic E-state index is 13.8. The van der Waals surface area contributed by atoms with Gasteiger partial charge in [0.25, 0.3) is 5.56 Å². The van der Waals surface area contributed by atoms with E-state index >= 15 is 0 Å². The van der Waals surface area contributed by atoms with Crippen molar-refractivity contribution in [3.8, 4) is 11.8 Å². The summed E-state index contributed by atoms with van der Waals surface area (Å²) in [5.41, 5.74) is 3.30. The highest BCUT2D eigenvalue weighted by Gasteiger charge is 2.33. The van der Waals surface area contributed by atoms with Crippen molar-refractivity contribution in [1.29, 1.82) is 5.26 Å². The monoisotopic (exact) mass is 805 g/mol. The Morgan fingerprint density at radius 1 is 1.14 bits per heavy atom. The Labute approximate surface area is 271 Å². The summed E-state index contributed by atoms with van der Waals surface area (Å²) in [6.07, 6.45) is 1.80. The Balaban J connectivity index is 1.53. The molecule has 5 rings (SSSR count). The molecule has 1 aliphatic rings. The van der Waals surface area contributed by atoms with E-state index in [4.69, 9.17) is 14.7 Å². The highest BCUT2D eigenvalue weighted by atomic mass is 127. The topological polar surface area (TPSA) is 93.7 Å². The SMILES string of the molecule is CCOC(=O)C1=C(C)N=c2s/c(=C\c3cc(I)c(OCc4ccc(C#N)cc4)c(I)c3)c(=O)n2[C@H]1c1ccc(F)cc1. The number of halogens is 3. The predicted molar refractivity (Wildman–Crippen MR) is 174 cm³/mol. The fraction of sp³-hybridized carbons (Fsp3) is 0.161. The van der Waals surface area contributed by atoms with Gasteiger partial charge in [-0.3, -0.25) is 9.36 Å². The Morgan fingerprint density at radius 2 is 1.81 bits per heavy atom. The highest BCUT2D eigenvalue weighted by molar-refractivity contribution is 14.1. The molecule has 0 radical (unpaired) electrons. The number of ether oxygens (including phenoxy) is 2. The van der Waals surface area contributed by atoms with E-state index in [0.29, 0.717) is 32.8 Å². The lowest BCUT2D eigenvalue weighted by molar-refractivity contribution is -0.139. The number of fused-ring (bicyclic) bond motifs is 1. The van der Waals surface area contributed by atoms with E-state index in [-0.39, 0.29) is 17.7 Å². The normalized spacial score (nSPS) is 14.7. The Hall–Kier alpha value is -3.35. The molecule has 0 saturated carbocycles. The molecule has 11 heteroatoms. The van der Waals surface area contributed by atoms with Gasteiger partial charge in [0, 0.05) is 0 Å². The Morgan fingerprint density at radius 3 is 2.43 bits per heavy atom. The van der Waals surface area contributed by atoms with E-state index in [2.05, 4.69) is 56.2 Å². The van der Waals surface area contributed by atoms with Crippen LogP contribution in [0.3, 0.4) is 0 Å². The first-order valence-corrected chi connectivity index (χ1v) is 15.7. The first-order chi connectivity index (χ1) is 20.2. The van der Waals surface area contributed by atoms with Crippen LogP contribution in [0.4, 0.5) is 4.39 Å². The van der Waals surface area contributed by atoms with E-state index in [0.717, 1.165) is 24.0 Å². The number of hydrogen-bond acceptors (Lipinski definition) is 7. The number of rotatable bonds is 7. The highest BCUT2D eigenvalue weighted by Crippen LogP contribution is 2.32. The second-order valence-electron chi connectivity index (χ2n) is 9.26. The molecule has 0 unspecified atom stereocenters. The number of nitriles is 1. The third-order valence-corrected chi connectivity index (χ3v) is 9.07. The van der Waals surface area contributed by atoms with Gasteiger partial charge >= 0.3 is 5.97 Å². The minimum Gasteiger partial charge on any atom is -0.487 e. The third-order valence-electron chi connectivity index (χ3n) is 6.49. The average Bonchev–Trinajstić information content (AvgIpc) is 3.26. The first kappa shape index (κ1) is 30.1. The van der Waals surface area contributed by atoms with E-state index < -0.39 is 17.8 Å². The first-order valence-electron chi connectivity index (χ1n) is 12.8. The van der Waals surface area contributed by atoms with Crippen LogP contribution in [0.5, 0.6) is 5.75 Å². The van der Waals surface area contributed by atoms with Crippen LogP contribution in [0.15, 0.2) is 81.7 Å². The fourth-order valence-electron chi connectivity index (χ4n) is 4.54. The number of aromatic nitrogens is 1. The number of carbonyl (C=O) groups is 1. The third kappa shape index (κ3) is 6.20. The van der Waals surface area contributed by atoms with Crippen LogP contribution in [0.1, 0.15) is 42.1 Å². The van der Waals surface area contributed by atoms with Gasteiger partial charge in [-0.25, -0.2) is 14.2 Å².